The fourth-order valence-electron chi connectivity index (χ4n) is 3.37. The molecule has 0 aliphatic heterocycles. The highest BCUT2D eigenvalue weighted by Gasteiger charge is 2.19. The lowest BCUT2D eigenvalue weighted by Gasteiger charge is -2.09. The molecule has 0 spiro atoms. The summed E-state index contributed by atoms with van der Waals surface area (Å²) in [6.45, 7) is 4.20. The van der Waals surface area contributed by atoms with Crippen molar-refractivity contribution >= 4 is 23.2 Å². The quantitative estimate of drug-likeness (QED) is 0.531. The number of aromatic nitrogens is 6. The second kappa shape index (κ2) is 8.08. The number of aryl methyl sites for hydroxylation is 2. The van der Waals surface area contributed by atoms with E-state index in [0.29, 0.717) is 34.3 Å². The summed E-state index contributed by atoms with van der Waals surface area (Å²) in [6, 6.07) is 15.0. The Morgan fingerprint density at radius 2 is 1.93 bits per heavy atom. The lowest BCUT2D eigenvalue weighted by Crippen LogP contribution is -2.14. The number of rotatable bonds is 5. The van der Waals surface area contributed by atoms with Gasteiger partial charge < -0.3 is 5.32 Å². The minimum Gasteiger partial charge on any atom is -0.322 e. The van der Waals surface area contributed by atoms with Crippen molar-refractivity contribution in [3.63, 3.8) is 0 Å². The average molecular weight is 422 g/mol. The average Bonchev–Trinajstić information content (AvgIpc) is 3.26. The van der Waals surface area contributed by atoms with Crippen LogP contribution >= 0.6 is 11.6 Å². The van der Waals surface area contributed by atoms with Crippen molar-refractivity contribution in [1.29, 1.82) is 0 Å². The molecule has 152 valence electrons. The highest BCUT2D eigenvalue weighted by Crippen LogP contribution is 2.23. The highest BCUT2D eigenvalue weighted by atomic mass is 35.5. The summed E-state index contributed by atoms with van der Waals surface area (Å²) in [5, 5.41) is 19.7. The second-order valence-corrected chi connectivity index (χ2v) is 7.36. The highest BCUT2D eigenvalue weighted by molar-refractivity contribution is 6.31. The van der Waals surface area contributed by atoms with E-state index in [9.17, 15) is 4.79 Å². The fraction of sp³-hybridized carbons (Fsp3) is 0.190. The molecule has 0 aliphatic rings. The van der Waals surface area contributed by atoms with Crippen molar-refractivity contribution < 1.29 is 4.79 Å². The first-order valence-electron chi connectivity index (χ1n) is 9.35. The molecule has 4 rings (SSSR count). The first kappa shape index (κ1) is 19.8. The van der Waals surface area contributed by atoms with E-state index in [2.05, 4.69) is 25.9 Å². The Kier molecular flexibility index (Phi) is 5.33. The molecule has 4 aromatic rings. The number of amides is 1. The number of benzene rings is 2. The van der Waals surface area contributed by atoms with Crippen LogP contribution < -0.4 is 5.32 Å². The van der Waals surface area contributed by atoms with Crippen molar-refractivity contribution in [3.05, 3.63) is 76.1 Å². The maximum atomic E-state index is 13.0. The third-order valence-corrected chi connectivity index (χ3v) is 5.25. The maximum Gasteiger partial charge on any atom is 0.259 e. The molecule has 2 aromatic heterocycles. The number of hydrogen-bond donors (Lipinski definition) is 1. The molecule has 2 heterocycles. The Hall–Kier alpha value is -3.52. The molecule has 0 saturated heterocycles. The minimum atomic E-state index is -0.219. The normalized spacial score (nSPS) is 10.9. The van der Waals surface area contributed by atoms with Gasteiger partial charge >= 0.3 is 0 Å². The predicted octanol–water partition coefficient (Wildman–Crippen LogP) is 3.64. The number of carbonyl (C=O) groups excluding carboxylic acids is 1. The van der Waals surface area contributed by atoms with Crippen LogP contribution in [0.15, 0.2) is 48.5 Å². The monoisotopic (exact) mass is 421 g/mol. The van der Waals surface area contributed by atoms with Crippen LogP contribution in [-0.2, 0) is 13.6 Å². The van der Waals surface area contributed by atoms with Crippen LogP contribution in [0.4, 0.5) is 5.69 Å². The Morgan fingerprint density at radius 1 is 1.13 bits per heavy atom. The number of anilines is 1. The summed E-state index contributed by atoms with van der Waals surface area (Å²) in [7, 11) is 1.76. The van der Waals surface area contributed by atoms with E-state index < -0.39 is 0 Å². The molecular weight excluding hydrogens is 402 g/mol. The Morgan fingerprint density at radius 3 is 2.67 bits per heavy atom. The molecule has 0 aliphatic carbocycles. The van der Waals surface area contributed by atoms with Crippen LogP contribution in [0, 0.1) is 13.8 Å². The Bertz CT molecular complexity index is 1230. The fourth-order valence-corrected chi connectivity index (χ4v) is 3.57. The van der Waals surface area contributed by atoms with Gasteiger partial charge in [0.15, 0.2) is 5.82 Å². The molecule has 0 atom stereocenters. The van der Waals surface area contributed by atoms with E-state index in [1.807, 2.05) is 62.4 Å². The van der Waals surface area contributed by atoms with Gasteiger partial charge in [-0.1, -0.05) is 41.9 Å². The molecule has 0 unspecified atom stereocenters. The molecule has 1 amide bonds. The van der Waals surface area contributed by atoms with Crippen molar-refractivity contribution in [2.24, 2.45) is 7.05 Å². The van der Waals surface area contributed by atoms with Gasteiger partial charge in [-0.2, -0.15) is 5.10 Å². The van der Waals surface area contributed by atoms with Crippen molar-refractivity contribution in [1.82, 2.24) is 30.0 Å². The van der Waals surface area contributed by atoms with Crippen LogP contribution in [0.5, 0.6) is 0 Å². The summed E-state index contributed by atoms with van der Waals surface area (Å²) in [4.78, 5) is 13.0. The number of tetrazole rings is 1. The number of halogens is 1. The zero-order valence-electron chi connectivity index (χ0n) is 16.8. The van der Waals surface area contributed by atoms with Gasteiger partial charge in [-0.3, -0.25) is 9.48 Å². The van der Waals surface area contributed by atoms with Crippen LogP contribution in [0.3, 0.4) is 0 Å². The molecular formula is C21H20ClN7O. The van der Waals surface area contributed by atoms with Crippen molar-refractivity contribution in [2.75, 3.05) is 5.32 Å². The van der Waals surface area contributed by atoms with E-state index in [1.54, 1.807) is 16.4 Å². The molecule has 0 fully saturated rings. The zero-order chi connectivity index (χ0) is 21.3. The summed E-state index contributed by atoms with van der Waals surface area (Å²) >= 11 is 6.28. The topological polar surface area (TPSA) is 90.5 Å². The van der Waals surface area contributed by atoms with Gasteiger partial charge in [0.1, 0.15) is 0 Å². The van der Waals surface area contributed by atoms with Gasteiger partial charge in [0.05, 0.1) is 17.8 Å². The van der Waals surface area contributed by atoms with E-state index in [1.165, 1.54) is 0 Å². The van der Waals surface area contributed by atoms with E-state index in [4.69, 9.17) is 11.6 Å². The SMILES string of the molecule is Cc1nn(Cc2ccccc2Cl)c(C)c1C(=O)Nc1cccc(-c2nnnn2C)c1. The number of nitrogens with zero attached hydrogens (tertiary/aromatic N) is 6. The molecule has 0 radical (unpaired) electrons. The van der Waals surface area contributed by atoms with Crippen LogP contribution in [-0.4, -0.2) is 35.9 Å². The third-order valence-electron chi connectivity index (χ3n) is 4.89. The molecule has 30 heavy (non-hydrogen) atoms. The largest absolute Gasteiger partial charge is 0.322 e. The number of hydrogen-bond acceptors (Lipinski definition) is 5. The number of carbonyl (C=O) groups is 1. The Labute approximate surface area is 178 Å². The molecule has 0 saturated carbocycles. The molecule has 9 heteroatoms. The smallest absolute Gasteiger partial charge is 0.259 e. The standard InChI is InChI=1S/C21H20ClN7O/c1-13-19(14(2)29(25-13)12-16-7-4-5-10-18(16)22)21(30)23-17-9-6-8-15(11-17)20-24-26-27-28(20)3/h4-11H,12H2,1-3H3,(H,23,30). The van der Waals surface area contributed by atoms with E-state index in [-0.39, 0.29) is 5.91 Å². The molecule has 0 bridgehead atoms. The molecule has 2 aromatic carbocycles. The zero-order valence-corrected chi connectivity index (χ0v) is 17.6. The third kappa shape index (κ3) is 3.81. The maximum absolute atomic E-state index is 13.0. The number of nitrogens with one attached hydrogen (secondary N) is 1. The summed E-state index contributed by atoms with van der Waals surface area (Å²) in [5.74, 6) is 0.398. The lowest BCUT2D eigenvalue weighted by atomic mass is 10.1. The molecule has 1 N–H and O–H groups in total. The summed E-state index contributed by atoms with van der Waals surface area (Å²) in [5.41, 5.74) is 4.39. The van der Waals surface area contributed by atoms with Gasteiger partial charge in [-0.15, -0.1) is 5.10 Å². The van der Waals surface area contributed by atoms with Crippen LogP contribution in [0.2, 0.25) is 5.02 Å². The first-order chi connectivity index (χ1) is 14.4. The Balaban J connectivity index is 1.58. The second-order valence-electron chi connectivity index (χ2n) is 6.96. The van der Waals surface area contributed by atoms with Crippen LogP contribution in [0.1, 0.15) is 27.3 Å². The van der Waals surface area contributed by atoms with Gasteiger partial charge in [0.25, 0.3) is 5.91 Å². The van der Waals surface area contributed by atoms with E-state index in [0.717, 1.165) is 16.8 Å². The lowest BCUT2D eigenvalue weighted by molar-refractivity contribution is 0.102. The molecule has 8 nitrogen and oxygen atoms in total. The van der Waals surface area contributed by atoms with E-state index >= 15 is 0 Å². The van der Waals surface area contributed by atoms with Crippen LogP contribution in [0.25, 0.3) is 11.4 Å². The van der Waals surface area contributed by atoms with Gasteiger partial charge in [0.2, 0.25) is 0 Å². The summed E-state index contributed by atoms with van der Waals surface area (Å²) in [6.07, 6.45) is 0. The van der Waals surface area contributed by atoms with Crippen molar-refractivity contribution in [3.8, 4) is 11.4 Å². The minimum absolute atomic E-state index is 0.219. The van der Waals surface area contributed by atoms with Gasteiger partial charge in [0, 0.05) is 29.0 Å². The summed E-state index contributed by atoms with van der Waals surface area (Å²) < 4.78 is 3.38. The van der Waals surface area contributed by atoms with Gasteiger partial charge in [-0.25, -0.2) is 4.68 Å². The van der Waals surface area contributed by atoms with Crippen molar-refractivity contribution in [2.45, 2.75) is 20.4 Å². The first-order valence-corrected chi connectivity index (χ1v) is 9.73. The van der Waals surface area contributed by atoms with Gasteiger partial charge in [-0.05, 0) is 48.0 Å². The predicted molar refractivity (Wildman–Crippen MR) is 114 cm³/mol.